The lowest BCUT2D eigenvalue weighted by atomic mass is 10.1. The van der Waals surface area contributed by atoms with Crippen LogP contribution in [0.4, 0.5) is 5.69 Å². The highest BCUT2D eigenvalue weighted by Crippen LogP contribution is 2.34. The molecule has 210 valence electrons. The van der Waals surface area contributed by atoms with Gasteiger partial charge in [0, 0.05) is 19.2 Å². The zero-order valence-corrected chi connectivity index (χ0v) is 24.8. The van der Waals surface area contributed by atoms with Gasteiger partial charge >= 0.3 is 0 Å². The molecule has 2 aromatic rings. The number of sulfonamides is 1. The number of anilines is 1. The maximum Gasteiger partial charge on any atom is 0.244 e. The predicted molar refractivity (Wildman–Crippen MR) is 151 cm³/mol. The van der Waals surface area contributed by atoms with Gasteiger partial charge in [0.1, 0.15) is 24.1 Å². The van der Waals surface area contributed by atoms with Crippen molar-refractivity contribution in [2.45, 2.75) is 39.8 Å². The summed E-state index contributed by atoms with van der Waals surface area (Å²) in [5.74, 6) is -0.0350. The Balaban J connectivity index is 2.51. The number of benzene rings is 2. The lowest BCUT2D eigenvalue weighted by Gasteiger charge is -2.33. The molecule has 0 aliphatic heterocycles. The van der Waals surface area contributed by atoms with Gasteiger partial charge in [-0.25, -0.2) is 8.42 Å². The van der Waals surface area contributed by atoms with Crippen LogP contribution in [-0.2, 0) is 26.2 Å². The van der Waals surface area contributed by atoms with Crippen molar-refractivity contribution in [3.05, 3.63) is 52.0 Å². The molecular formula is C26H35Cl2N3O6S. The van der Waals surface area contributed by atoms with E-state index in [-0.39, 0.29) is 29.8 Å². The fourth-order valence-corrected chi connectivity index (χ4v) is 4.94. The number of rotatable bonds is 13. The van der Waals surface area contributed by atoms with Gasteiger partial charge < -0.3 is 19.7 Å². The van der Waals surface area contributed by atoms with Crippen LogP contribution in [0.1, 0.15) is 32.8 Å². The number of nitrogens with zero attached hydrogens (tertiary/aromatic N) is 2. The molecule has 2 aromatic carbocycles. The lowest BCUT2D eigenvalue weighted by Crippen LogP contribution is -2.52. The quantitative estimate of drug-likeness (QED) is 0.373. The standard InChI is InChI=1S/C26H35Cl2N3O6S/c1-7-22(26(33)29-14-17(2)3)30(15-18-8-10-20(27)21(28)12-18)25(32)16-31(38(6,34)35)23-11-9-19(36-4)13-24(23)37-5/h8-13,17,22H,7,14-16H2,1-6H3,(H,29,33). The Morgan fingerprint density at radius 3 is 2.24 bits per heavy atom. The first-order valence-corrected chi connectivity index (χ1v) is 14.6. The third-order valence-electron chi connectivity index (χ3n) is 5.74. The van der Waals surface area contributed by atoms with Crippen LogP contribution in [0.5, 0.6) is 11.5 Å². The molecule has 12 heteroatoms. The highest BCUT2D eigenvalue weighted by molar-refractivity contribution is 7.92. The minimum Gasteiger partial charge on any atom is -0.497 e. The number of hydrogen-bond donors (Lipinski definition) is 1. The number of methoxy groups -OCH3 is 2. The fraction of sp³-hybridized carbons (Fsp3) is 0.462. The van der Waals surface area contributed by atoms with Crippen LogP contribution in [0.2, 0.25) is 10.0 Å². The van der Waals surface area contributed by atoms with Gasteiger partial charge in [0.15, 0.2) is 0 Å². The highest BCUT2D eigenvalue weighted by Gasteiger charge is 2.32. The average molecular weight is 589 g/mol. The van der Waals surface area contributed by atoms with Crippen molar-refractivity contribution in [2.24, 2.45) is 5.92 Å². The third-order valence-corrected chi connectivity index (χ3v) is 7.61. The first-order valence-electron chi connectivity index (χ1n) is 12.0. The Hall–Kier alpha value is -2.69. The molecule has 0 aliphatic rings. The molecule has 0 heterocycles. The van der Waals surface area contributed by atoms with E-state index in [2.05, 4.69) is 5.32 Å². The van der Waals surface area contributed by atoms with E-state index in [4.69, 9.17) is 32.7 Å². The number of amides is 2. The SMILES string of the molecule is CCC(C(=O)NCC(C)C)N(Cc1ccc(Cl)c(Cl)c1)C(=O)CN(c1ccc(OC)cc1OC)S(C)(=O)=O. The summed E-state index contributed by atoms with van der Waals surface area (Å²) in [6.45, 7) is 5.61. The van der Waals surface area contributed by atoms with Gasteiger partial charge in [-0.2, -0.15) is 0 Å². The van der Waals surface area contributed by atoms with Crippen molar-refractivity contribution in [3.8, 4) is 11.5 Å². The minimum absolute atomic E-state index is 0.0146. The number of halogens is 2. The summed E-state index contributed by atoms with van der Waals surface area (Å²) in [5, 5.41) is 3.53. The normalized spacial score (nSPS) is 12.1. The summed E-state index contributed by atoms with van der Waals surface area (Å²) in [7, 11) is -1.07. The summed E-state index contributed by atoms with van der Waals surface area (Å²) >= 11 is 12.3. The van der Waals surface area contributed by atoms with Crippen molar-refractivity contribution < 1.29 is 27.5 Å². The van der Waals surface area contributed by atoms with E-state index in [1.54, 1.807) is 31.2 Å². The molecule has 0 bridgehead atoms. The summed E-state index contributed by atoms with van der Waals surface area (Å²) in [5.41, 5.74) is 0.798. The van der Waals surface area contributed by atoms with Crippen LogP contribution >= 0.6 is 23.2 Å². The number of ether oxygens (including phenoxy) is 2. The molecule has 0 aromatic heterocycles. The van der Waals surface area contributed by atoms with E-state index in [1.165, 1.54) is 31.3 Å². The number of carbonyl (C=O) groups is 2. The Morgan fingerprint density at radius 2 is 1.71 bits per heavy atom. The van der Waals surface area contributed by atoms with Crippen LogP contribution in [0.25, 0.3) is 0 Å². The van der Waals surface area contributed by atoms with E-state index < -0.39 is 28.5 Å². The van der Waals surface area contributed by atoms with Gasteiger partial charge in [0.2, 0.25) is 21.8 Å². The zero-order chi connectivity index (χ0) is 28.6. The fourth-order valence-electron chi connectivity index (χ4n) is 3.76. The van der Waals surface area contributed by atoms with Gasteiger partial charge in [-0.15, -0.1) is 0 Å². The van der Waals surface area contributed by atoms with Gasteiger partial charge in [-0.1, -0.05) is 50.0 Å². The minimum atomic E-state index is -3.93. The molecule has 0 spiro atoms. The molecule has 0 saturated carbocycles. The molecule has 1 atom stereocenters. The first kappa shape index (κ1) is 31.5. The second-order valence-corrected chi connectivity index (χ2v) is 11.9. The van der Waals surface area contributed by atoms with Gasteiger partial charge in [0.05, 0.1) is 36.2 Å². The largest absolute Gasteiger partial charge is 0.497 e. The van der Waals surface area contributed by atoms with E-state index in [9.17, 15) is 18.0 Å². The molecule has 38 heavy (non-hydrogen) atoms. The molecule has 2 rings (SSSR count). The van der Waals surface area contributed by atoms with Crippen molar-refractivity contribution in [1.29, 1.82) is 0 Å². The smallest absolute Gasteiger partial charge is 0.244 e. The third kappa shape index (κ3) is 8.41. The van der Waals surface area contributed by atoms with Crippen molar-refractivity contribution >= 4 is 50.7 Å². The molecular weight excluding hydrogens is 553 g/mol. The van der Waals surface area contributed by atoms with Gasteiger partial charge in [0.25, 0.3) is 0 Å². The molecule has 1 N–H and O–H groups in total. The van der Waals surface area contributed by atoms with Gasteiger partial charge in [-0.05, 0) is 42.2 Å². The Labute approximate surface area is 235 Å². The molecule has 0 fully saturated rings. The number of nitrogens with one attached hydrogen (secondary N) is 1. The molecule has 1 unspecified atom stereocenters. The molecule has 2 amide bonds. The Kier molecular flexibility index (Phi) is 11.5. The Bertz CT molecular complexity index is 1240. The summed E-state index contributed by atoms with van der Waals surface area (Å²) in [6, 6.07) is 8.67. The van der Waals surface area contributed by atoms with Crippen molar-refractivity contribution in [1.82, 2.24) is 10.2 Å². The van der Waals surface area contributed by atoms with Gasteiger partial charge in [-0.3, -0.25) is 13.9 Å². The lowest BCUT2D eigenvalue weighted by molar-refractivity contribution is -0.140. The molecule has 0 saturated heterocycles. The highest BCUT2D eigenvalue weighted by atomic mass is 35.5. The second-order valence-electron chi connectivity index (χ2n) is 9.14. The van der Waals surface area contributed by atoms with E-state index in [1.807, 2.05) is 13.8 Å². The zero-order valence-electron chi connectivity index (χ0n) is 22.5. The number of hydrogen-bond acceptors (Lipinski definition) is 6. The van der Waals surface area contributed by atoms with Crippen LogP contribution in [0, 0.1) is 5.92 Å². The number of carbonyl (C=O) groups excluding carboxylic acids is 2. The first-order chi connectivity index (χ1) is 17.8. The van der Waals surface area contributed by atoms with Crippen LogP contribution in [0.3, 0.4) is 0 Å². The molecule has 0 aliphatic carbocycles. The maximum atomic E-state index is 13.8. The summed E-state index contributed by atoms with van der Waals surface area (Å²) < 4.78 is 37.3. The molecule has 9 nitrogen and oxygen atoms in total. The van der Waals surface area contributed by atoms with Crippen molar-refractivity contribution in [3.63, 3.8) is 0 Å². The van der Waals surface area contributed by atoms with E-state index >= 15 is 0 Å². The van der Waals surface area contributed by atoms with Crippen LogP contribution < -0.4 is 19.1 Å². The predicted octanol–water partition coefficient (Wildman–Crippen LogP) is 4.36. The Morgan fingerprint density at radius 1 is 1.03 bits per heavy atom. The van der Waals surface area contributed by atoms with Crippen LogP contribution in [-0.4, -0.2) is 64.7 Å². The molecule has 0 radical (unpaired) electrons. The summed E-state index contributed by atoms with van der Waals surface area (Å²) in [6.07, 6.45) is 1.31. The second kappa shape index (κ2) is 13.9. The maximum absolute atomic E-state index is 13.8. The summed E-state index contributed by atoms with van der Waals surface area (Å²) in [4.78, 5) is 28.3. The topological polar surface area (TPSA) is 105 Å². The van der Waals surface area contributed by atoms with Crippen molar-refractivity contribution in [2.75, 3.05) is 37.9 Å². The average Bonchev–Trinajstić information content (AvgIpc) is 2.86. The van der Waals surface area contributed by atoms with Crippen LogP contribution in [0.15, 0.2) is 36.4 Å². The van der Waals surface area contributed by atoms with E-state index in [0.29, 0.717) is 34.3 Å². The van der Waals surface area contributed by atoms with E-state index in [0.717, 1.165) is 10.6 Å². The monoisotopic (exact) mass is 587 g/mol.